The zero-order valence-electron chi connectivity index (χ0n) is 14.2. The minimum atomic E-state index is 0.0288. The molecule has 2 unspecified atom stereocenters. The molecular weight excluding hydrogens is 314 g/mol. The van der Waals surface area contributed by atoms with Crippen molar-refractivity contribution < 1.29 is 0 Å². The molecule has 128 valence electrons. The van der Waals surface area contributed by atoms with Crippen LogP contribution in [-0.4, -0.2) is 43.4 Å². The molecule has 1 aromatic carbocycles. The van der Waals surface area contributed by atoms with Crippen LogP contribution in [0.15, 0.2) is 47.7 Å². The van der Waals surface area contributed by atoms with E-state index in [4.69, 9.17) is 0 Å². The number of fused-ring (bicyclic) bond motifs is 3. The van der Waals surface area contributed by atoms with Crippen molar-refractivity contribution in [2.24, 2.45) is 0 Å². The maximum Gasteiger partial charge on any atom is 0.264 e. The first-order valence-electron chi connectivity index (χ1n) is 8.94. The van der Waals surface area contributed by atoms with Gasteiger partial charge in [0.2, 0.25) is 0 Å². The number of aromatic nitrogens is 4. The molecule has 6 heteroatoms. The van der Waals surface area contributed by atoms with Crippen molar-refractivity contribution in [2.75, 3.05) is 7.05 Å². The Morgan fingerprint density at radius 2 is 1.76 bits per heavy atom. The Balaban J connectivity index is 1.56. The zero-order chi connectivity index (χ0) is 17.0. The van der Waals surface area contributed by atoms with Crippen molar-refractivity contribution in [1.82, 2.24) is 24.2 Å². The molecule has 0 saturated carbocycles. The summed E-state index contributed by atoms with van der Waals surface area (Å²) in [7, 11) is 2.21. The van der Waals surface area contributed by atoms with Crippen LogP contribution in [0.5, 0.6) is 0 Å². The normalized spacial score (nSPS) is 26.4. The number of piperidine rings is 1. The smallest absolute Gasteiger partial charge is 0.264 e. The van der Waals surface area contributed by atoms with E-state index in [-0.39, 0.29) is 11.6 Å². The van der Waals surface area contributed by atoms with Gasteiger partial charge >= 0.3 is 0 Å². The van der Waals surface area contributed by atoms with Crippen molar-refractivity contribution in [3.05, 3.63) is 53.2 Å². The Morgan fingerprint density at radius 1 is 1.04 bits per heavy atom. The molecule has 2 fully saturated rings. The number of hydrogen-bond donors (Lipinski definition) is 0. The number of rotatable bonds is 2. The second-order valence-corrected chi connectivity index (χ2v) is 7.26. The van der Waals surface area contributed by atoms with Crippen molar-refractivity contribution in [1.29, 1.82) is 0 Å². The topological polar surface area (TPSA) is 56.0 Å². The fraction of sp³-hybridized carbons (Fsp3) is 0.421. The summed E-state index contributed by atoms with van der Waals surface area (Å²) < 4.78 is 3.58. The van der Waals surface area contributed by atoms with Crippen LogP contribution in [0.3, 0.4) is 0 Å². The summed E-state index contributed by atoms with van der Waals surface area (Å²) in [5.74, 6) is 0. The second kappa shape index (κ2) is 5.52. The van der Waals surface area contributed by atoms with Crippen LogP contribution < -0.4 is 5.56 Å². The molecule has 25 heavy (non-hydrogen) atoms. The lowest BCUT2D eigenvalue weighted by Crippen LogP contribution is -2.42. The average Bonchev–Trinajstić information content (AvgIpc) is 3.13. The molecule has 2 atom stereocenters. The van der Waals surface area contributed by atoms with Gasteiger partial charge in [0.25, 0.3) is 5.56 Å². The molecule has 4 heterocycles. The summed E-state index contributed by atoms with van der Waals surface area (Å²) in [6.07, 6.45) is 7.93. The van der Waals surface area contributed by atoms with Crippen LogP contribution >= 0.6 is 0 Å². The van der Waals surface area contributed by atoms with Crippen molar-refractivity contribution in [3.8, 4) is 5.69 Å². The minimum Gasteiger partial charge on any atom is -0.300 e. The van der Waals surface area contributed by atoms with Crippen molar-refractivity contribution in [2.45, 2.75) is 43.8 Å². The molecule has 0 aliphatic carbocycles. The van der Waals surface area contributed by atoms with Gasteiger partial charge in [-0.3, -0.25) is 9.36 Å². The van der Waals surface area contributed by atoms with E-state index in [1.165, 1.54) is 12.8 Å². The van der Waals surface area contributed by atoms with E-state index in [1.807, 2.05) is 34.9 Å². The van der Waals surface area contributed by atoms with Crippen LogP contribution in [0, 0.1) is 0 Å². The molecule has 2 bridgehead atoms. The quantitative estimate of drug-likeness (QED) is 0.721. The second-order valence-electron chi connectivity index (χ2n) is 7.26. The Hall–Kier alpha value is -2.47. The van der Waals surface area contributed by atoms with E-state index >= 15 is 0 Å². The maximum atomic E-state index is 13.0. The molecule has 2 aromatic heterocycles. The fourth-order valence-electron chi connectivity index (χ4n) is 4.55. The highest BCUT2D eigenvalue weighted by Gasteiger charge is 2.39. The molecule has 0 spiro atoms. The van der Waals surface area contributed by atoms with Gasteiger partial charge in [-0.2, -0.15) is 5.10 Å². The number of para-hydroxylation sites is 1. The molecule has 2 aliphatic rings. The van der Waals surface area contributed by atoms with Crippen LogP contribution in [0.2, 0.25) is 0 Å². The third kappa shape index (κ3) is 2.24. The highest BCUT2D eigenvalue weighted by molar-refractivity contribution is 5.74. The van der Waals surface area contributed by atoms with Gasteiger partial charge in [0.05, 0.1) is 11.9 Å². The van der Waals surface area contributed by atoms with E-state index in [0.717, 1.165) is 18.5 Å². The third-order valence-electron chi connectivity index (χ3n) is 5.98. The van der Waals surface area contributed by atoms with Gasteiger partial charge in [-0.15, -0.1) is 0 Å². The standard InChI is InChI=1S/C19H21N5O/c1-22-14-7-8-15(22)10-16(9-14)23-12-20-18-17(19(23)25)11-21-24(18)13-5-3-2-4-6-13/h2-6,11-12,14-16H,7-10H2,1H3. The highest BCUT2D eigenvalue weighted by atomic mass is 16.1. The molecule has 0 amide bonds. The van der Waals surface area contributed by atoms with Crippen LogP contribution in [-0.2, 0) is 0 Å². The first-order chi connectivity index (χ1) is 12.2. The SMILES string of the molecule is CN1C2CCC1CC(n1cnc3c(cnn3-c3ccccc3)c1=O)C2. The van der Waals surface area contributed by atoms with Gasteiger partial charge in [-0.1, -0.05) is 18.2 Å². The largest absolute Gasteiger partial charge is 0.300 e. The Morgan fingerprint density at radius 3 is 2.48 bits per heavy atom. The van der Waals surface area contributed by atoms with Crippen molar-refractivity contribution in [3.63, 3.8) is 0 Å². The van der Waals surface area contributed by atoms with E-state index in [9.17, 15) is 4.79 Å². The first kappa shape index (κ1) is 14.8. The summed E-state index contributed by atoms with van der Waals surface area (Å²) in [6, 6.07) is 11.2. The molecule has 6 nitrogen and oxygen atoms in total. The maximum absolute atomic E-state index is 13.0. The van der Waals surface area contributed by atoms with Gasteiger partial charge in [0.1, 0.15) is 11.7 Å². The van der Waals surface area contributed by atoms with E-state index < -0.39 is 0 Å². The van der Waals surface area contributed by atoms with Gasteiger partial charge in [0, 0.05) is 18.1 Å². The van der Waals surface area contributed by atoms with Crippen LogP contribution in [0.1, 0.15) is 31.7 Å². The Bertz CT molecular complexity index is 962. The van der Waals surface area contributed by atoms with Gasteiger partial charge < -0.3 is 4.90 Å². The molecule has 0 radical (unpaired) electrons. The predicted molar refractivity (Wildman–Crippen MR) is 96.0 cm³/mol. The lowest BCUT2D eigenvalue weighted by atomic mass is 9.98. The highest BCUT2D eigenvalue weighted by Crippen LogP contribution is 2.39. The molecular formula is C19H21N5O. The van der Waals surface area contributed by atoms with E-state index in [1.54, 1.807) is 17.2 Å². The van der Waals surface area contributed by atoms with Gasteiger partial charge in [-0.05, 0) is 44.9 Å². The molecule has 5 rings (SSSR count). The third-order valence-corrected chi connectivity index (χ3v) is 5.98. The lowest BCUT2D eigenvalue weighted by molar-refractivity contribution is 0.135. The number of benzene rings is 1. The lowest BCUT2D eigenvalue weighted by Gasteiger charge is -2.36. The van der Waals surface area contributed by atoms with Gasteiger partial charge in [0.15, 0.2) is 5.65 Å². The van der Waals surface area contributed by atoms with Crippen molar-refractivity contribution >= 4 is 11.0 Å². The number of nitrogens with zero attached hydrogens (tertiary/aromatic N) is 5. The van der Waals surface area contributed by atoms with E-state index in [0.29, 0.717) is 23.1 Å². The van der Waals surface area contributed by atoms with E-state index in [2.05, 4.69) is 22.0 Å². The molecule has 3 aromatic rings. The van der Waals surface area contributed by atoms with Crippen LogP contribution in [0.4, 0.5) is 0 Å². The summed E-state index contributed by atoms with van der Waals surface area (Å²) in [5, 5.41) is 4.99. The minimum absolute atomic E-state index is 0.0288. The fourth-order valence-corrected chi connectivity index (χ4v) is 4.55. The van der Waals surface area contributed by atoms with Gasteiger partial charge in [-0.25, -0.2) is 9.67 Å². The molecule has 2 aliphatic heterocycles. The summed E-state index contributed by atoms with van der Waals surface area (Å²) in [6.45, 7) is 0. The van der Waals surface area contributed by atoms with Crippen LogP contribution in [0.25, 0.3) is 16.7 Å². The zero-order valence-corrected chi connectivity index (χ0v) is 14.2. The average molecular weight is 335 g/mol. The summed E-state index contributed by atoms with van der Waals surface area (Å²) >= 11 is 0. The Kier molecular flexibility index (Phi) is 3.28. The molecule has 0 N–H and O–H groups in total. The molecule has 2 saturated heterocycles. The monoisotopic (exact) mass is 335 g/mol. The number of hydrogen-bond acceptors (Lipinski definition) is 4. The predicted octanol–water partition coefficient (Wildman–Crippen LogP) is 2.38. The Labute approximate surface area is 145 Å². The summed E-state index contributed by atoms with van der Waals surface area (Å²) in [4.78, 5) is 20.1. The summed E-state index contributed by atoms with van der Waals surface area (Å²) in [5.41, 5.74) is 1.57. The first-order valence-corrected chi connectivity index (χ1v) is 8.94.